The van der Waals surface area contributed by atoms with E-state index in [1.54, 1.807) is 19.9 Å². The summed E-state index contributed by atoms with van der Waals surface area (Å²) in [4.78, 5) is 35.6. The normalized spacial score (nSPS) is 11.3. The molecule has 3 rings (SSSR count). The highest BCUT2D eigenvalue weighted by Crippen LogP contribution is 2.21. The molecule has 142 valence electrons. The van der Waals surface area contributed by atoms with Crippen LogP contribution in [-0.2, 0) is 11.3 Å². The van der Waals surface area contributed by atoms with Gasteiger partial charge in [0, 0.05) is 22.7 Å². The Kier molecular flexibility index (Phi) is 5.32. The molecule has 0 radical (unpaired) electrons. The molecule has 1 aromatic carbocycles. The highest BCUT2D eigenvalue weighted by molar-refractivity contribution is 6.31. The fraction of sp³-hybridized carbons (Fsp3) is 0.368. The largest absolute Gasteiger partial charge is 0.277 e. The maximum Gasteiger partial charge on any atom is 0.277 e. The summed E-state index contributed by atoms with van der Waals surface area (Å²) in [7, 11) is 0. The van der Waals surface area contributed by atoms with Crippen molar-refractivity contribution < 1.29 is 4.79 Å². The molecule has 8 heteroatoms. The molecule has 1 N–H and O–H groups in total. The molecule has 0 fully saturated rings. The van der Waals surface area contributed by atoms with Crippen molar-refractivity contribution in [1.29, 1.82) is 0 Å². The van der Waals surface area contributed by atoms with E-state index in [0.717, 1.165) is 5.56 Å². The van der Waals surface area contributed by atoms with Crippen molar-refractivity contribution in [2.24, 2.45) is 5.92 Å². The van der Waals surface area contributed by atoms with Crippen LogP contribution in [0.15, 0.2) is 29.1 Å². The summed E-state index contributed by atoms with van der Waals surface area (Å²) < 4.78 is 1.26. The zero-order chi connectivity index (χ0) is 19.7. The number of carbonyl (C=O) groups is 1. The van der Waals surface area contributed by atoms with Gasteiger partial charge in [0.1, 0.15) is 0 Å². The lowest BCUT2D eigenvalue weighted by Crippen LogP contribution is -2.32. The second-order valence-corrected chi connectivity index (χ2v) is 7.39. The van der Waals surface area contributed by atoms with Crippen molar-refractivity contribution in [2.45, 2.75) is 40.7 Å². The van der Waals surface area contributed by atoms with Crippen molar-refractivity contribution in [1.82, 2.24) is 19.6 Å². The number of carbonyl (C=O) groups excluding carboxylic acids is 1. The number of aryl methyl sites for hydroxylation is 1. The first kappa shape index (κ1) is 19.1. The zero-order valence-corrected chi connectivity index (χ0v) is 16.5. The second-order valence-electron chi connectivity index (χ2n) is 6.98. The molecule has 0 aliphatic heterocycles. The third-order valence-corrected chi connectivity index (χ3v) is 4.75. The first-order valence-electron chi connectivity index (χ1n) is 8.77. The summed E-state index contributed by atoms with van der Waals surface area (Å²) in [6.07, 6.45) is 0.349. The lowest BCUT2D eigenvalue weighted by molar-refractivity contribution is -0.119. The molecule has 0 bridgehead atoms. The number of hydrogen-bond acceptors (Lipinski definition) is 4. The Morgan fingerprint density at radius 1 is 1.26 bits per heavy atom. The second kappa shape index (κ2) is 7.52. The smallest absolute Gasteiger partial charge is 0.277 e. The monoisotopic (exact) mass is 387 g/mol. The summed E-state index contributed by atoms with van der Waals surface area (Å²) in [5.74, 6) is 0.584. The fourth-order valence-electron chi connectivity index (χ4n) is 2.75. The SMILES string of the molecule is Cc1nc2nc(N(Cc3ccccc3Cl)C(=O)CC(C)C)[nH]n2c(=O)c1C. The van der Waals surface area contributed by atoms with E-state index in [2.05, 4.69) is 15.1 Å². The Balaban J connectivity index is 2.08. The van der Waals surface area contributed by atoms with Crippen LogP contribution in [0.3, 0.4) is 0 Å². The summed E-state index contributed by atoms with van der Waals surface area (Å²) in [6, 6.07) is 7.34. The Hall–Kier alpha value is -2.67. The van der Waals surface area contributed by atoms with Crippen LogP contribution in [0, 0.1) is 19.8 Å². The predicted octanol–water partition coefficient (Wildman–Crippen LogP) is 3.27. The van der Waals surface area contributed by atoms with Crippen LogP contribution in [0.1, 0.15) is 37.1 Å². The van der Waals surface area contributed by atoms with Crippen LogP contribution in [0.5, 0.6) is 0 Å². The minimum absolute atomic E-state index is 0.106. The number of H-pyrrole nitrogens is 1. The number of nitrogens with one attached hydrogen (secondary N) is 1. The average Bonchev–Trinajstić information content (AvgIpc) is 3.02. The minimum atomic E-state index is -0.231. The fourth-order valence-corrected chi connectivity index (χ4v) is 2.95. The van der Waals surface area contributed by atoms with Gasteiger partial charge in [0.15, 0.2) is 0 Å². The molecule has 27 heavy (non-hydrogen) atoms. The molecule has 0 aliphatic carbocycles. The summed E-state index contributed by atoms with van der Waals surface area (Å²) in [5, 5.41) is 3.49. The van der Waals surface area contributed by atoms with Crippen molar-refractivity contribution in [3.63, 3.8) is 0 Å². The Morgan fingerprint density at radius 2 is 1.96 bits per heavy atom. The molecule has 1 amide bonds. The number of fused-ring (bicyclic) bond motifs is 1. The minimum Gasteiger partial charge on any atom is -0.277 e. The van der Waals surface area contributed by atoms with Gasteiger partial charge in [-0.25, -0.2) is 4.98 Å². The number of nitrogens with zero attached hydrogens (tertiary/aromatic N) is 4. The van der Waals surface area contributed by atoms with Crippen LogP contribution in [0.2, 0.25) is 5.02 Å². The molecule has 0 spiro atoms. The molecule has 0 saturated carbocycles. The Morgan fingerprint density at radius 3 is 2.63 bits per heavy atom. The van der Waals surface area contributed by atoms with E-state index in [1.165, 1.54) is 9.42 Å². The lowest BCUT2D eigenvalue weighted by atomic mass is 10.1. The van der Waals surface area contributed by atoms with Gasteiger partial charge < -0.3 is 0 Å². The van der Waals surface area contributed by atoms with Gasteiger partial charge in [-0.2, -0.15) is 9.50 Å². The number of rotatable bonds is 5. The lowest BCUT2D eigenvalue weighted by Gasteiger charge is -2.21. The van der Waals surface area contributed by atoms with Crippen LogP contribution < -0.4 is 10.5 Å². The summed E-state index contributed by atoms with van der Waals surface area (Å²) in [5.41, 5.74) is 1.72. The number of benzene rings is 1. The molecular weight excluding hydrogens is 366 g/mol. The first-order chi connectivity index (χ1) is 12.8. The van der Waals surface area contributed by atoms with E-state index in [4.69, 9.17) is 11.6 Å². The van der Waals surface area contributed by atoms with E-state index in [9.17, 15) is 9.59 Å². The molecule has 3 aromatic rings. The topological polar surface area (TPSA) is 83.4 Å². The third kappa shape index (κ3) is 3.88. The quantitative estimate of drug-likeness (QED) is 0.728. The number of aromatic nitrogens is 4. The maximum atomic E-state index is 12.9. The van der Waals surface area contributed by atoms with Crippen molar-refractivity contribution in [3.8, 4) is 0 Å². The summed E-state index contributed by atoms with van der Waals surface area (Å²) in [6.45, 7) is 7.67. The molecule has 0 aliphatic rings. The molecule has 0 unspecified atom stereocenters. The van der Waals surface area contributed by atoms with Gasteiger partial charge in [0.2, 0.25) is 11.9 Å². The van der Waals surface area contributed by atoms with Crippen molar-refractivity contribution >= 4 is 29.2 Å². The zero-order valence-electron chi connectivity index (χ0n) is 15.8. The van der Waals surface area contributed by atoms with Crippen molar-refractivity contribution in [2.75, 3.05) is 4.90 Å². The van der Waals surface area contributed by atoms with Crippen LogP contribution in [0.4, 0.5) is 5.95 Å². The number of hydrogen-bond donors (Lipinski definition) is 1. The van der Waals surface area contributed by atoms with Gasteiger partial charge in [0.05, 0.1) is 6.54 Å². The first-order valence-corrected chi connectivity index (χ1v) is 9.15. The molecule has 0 atom stereocenters. The Bertz CT molecular complexity index is 1050. The molecule has 0 saturated heterocycles. The van der Waals surface area contributed by atoms with E-state index in [1.807, 2.05) is 32.0 Å². The molecule has 7 nitrogen and oxygen atoms in total. The van der Waals surface area contributed by atoms with Gasteiger partial charge in [-0.1, -0.05) is 43.6 Å². The van der Waals surface area contributed by atoms with Gasteiger partial charge >= 0.3 is 0 Å². The van der Waals surface area contributed by atoms with Crippen LogP contribution >= 0.6 is 11.6 Å². The standard InChI is InChI=1S/C19H22ClN5O2/c1-11(2)9-16(26)24(10-14-7-5-6-8-15(14)20)19-22-18-21-13(4)12(3)17(27)25(18)23-19/h5-8,11H,9-10H2,1-4H3,(H,21,22,23). The van der Waals surface area contributed by atoms with E-state index in [-0.39, 0.29) is 35.7 Å². The summed E-state index contributed by atoms with van der Waals surface area (Å²) >= 11 is 6.28. The van der Waals surface area contributed by atoms with E-state index < -0.39 is 0 Å². The highest BCUT2D eigenvalue weighted by Gasteiger charge is 2.22. The van der Waals surface area contributed by atoms with Gasteiger partial charge in [-0.3, -0.25) is 19.6 Å². The maximum absolute atomic E-state index is 12.9. The van der Waals surface area contributed by atoms with Crippen LogP contribution in [0.25, 0.3) is 5.78 Å². The number of amides is 1. The average molecular weight is 388 g/mol. The Labute approximate surface area is 162 Å². The number of aromatic amines is 1. The number of anilines is 1. The van der Waals surface area contributed by atoms with E-state index in [0.29, 0.717) is 22.7 Å². The van der Waals surface area contributed by atoms with Gasteiger partial charge in [-0.15, -0.1) is 0 Å². The highest BCUT2D eigenvalue weighted by atomic mass is 35.5. The molecule has 2 heterocycles. The molecule has 2 aromatic heterocycles. The van der Waals surface area contributed by atoms with Gasteiger partial charge in [-0.05, 0) is 31.4 Å². The predicted molar refractivity (Wildman–Crippen MR) is 105 cm³/mol. The third-order valence-electron chi connectivity index (χ3n) is 4.38. The van der Waals surface area contributed by atoms with Gasteiger partial charge in [0.25, 0.3) is 11.3 Å². The van der Waals surface area contributed by atoms with Crippen molar-refractivity contribution in [3.05, 3.63) is 56.5 Å². The molecular formula is C19H22ClN5O2. The van der Waals surface area contributed by atoms with Crippen LogP contribution in [-0.4, -0.2) is 25.5 Å². The van der Waals surface area contributed by atoms with E-state index >= 15 is 0 Å². The number of halogens is 1.